The van der Waals surface area contributed by atoms with Gasteiger partial charge in [0.25, 0.3) is 0 Å². The summed E-state index contributed by atoms with van der Waals surface area (Å²) in [5.74, 6) is -2.98. The molecule has 2 aromatic rings. The highest BCUT2D eigenvalue weighted by molar-refractivity contribution is 6.03. The second kappa shape index (κ2) is 9.35. The van der Waals surface area contributed by atoms with Crippen LogP contribution >= 0.6 is 0 Å². The molecule has 1 amide bonds. The van der Waals surface area contributed by atoms with Gasteiger partial charge in [0.2, 0.25) is 5.91 Å². The summed E-state index contributed by atoms with van der Waals surface area (Å²) in [5, 5.41) is 0. The van der Waals surface area contributed by atoms with Crippen LogP contribution < -0.4 is 0 Å². The molecular weight excluding hydrogens is 386 g/mol. The minimum absolute atomic E-state index is 0.155. The van der Waals surface area contributed by atoms with Crippen molar-refractivity contribution < 1.29 is 28.7 Å². The largest absolute Gasteiger partial charge is 0.469 e. The van der Waals surface area contributed by atoms with Gasteiger partial charge in [-0.05, 0) is 17.7 Å². The highest BCUT2D eigenvalue weighted by atomic mass is 16.5. The molecule has 2 aromatic carbocycles. The SMILES string of the molecule is COC(=O)C[C@@H]1C(=O)N(Cc2ccccc2)C[C@H]1C(=O)c1ccc(C(=O)OC)cc1. The van der Waals surface area contributed by atoms with Crippen molar-refractivity contribution in [2.45, 2.75) is 13.0 Å². The molecular formula is C23H23NO6. The topological polar surface area (TPSA) is 90.0 Å². The van der Waals surface area contributed by atoms with Crippen LogP contribution in [0.5, 0.6) is 0 Å². The van der Waals surface area contributed by atoms with Crippen molar-refractivity contribution in [1.29, 1.82) is 0 Å². The summed E-state index contributed by atoms with van der Waals surface area (Å²) >= 11 is 0. The number of esters is 2. The first-order valence-electron chi connectivity index (χ1n) is 9.56. The molecule has 0 saturated carbocycles. The Bertz CT molecular complexity index is 938. The van der Waals surface area contributed by atoms with Crippen LogP contribution in [-0.2, 0) is 25.6 Å². The highest BCUT2D eigenvalue weighted by Crippen LogP contribution is 2.32. The van der Waals surface area contributed by atoms with Crippen molar-refractivity contribution in [2.75, 3.05) is 20.8 Å². The first kappa shape index (κ1) is 21.2. The first-order valence-corrected chi connectivity index (χ1v) is 9.56. The second-order valence-electron chi connectivity index (χ2n) is 7.13. The zero-order chi connectivity index (χ0) is 21.7. The molecule has 1 fully saturated rings. The number of hydrogen-bond donors (Lipinski definition) is 0. The van der Waals surface area contributed by atoms with Crippen LogP contribution in [0.3, 0.4) is 0 Å². The Kier molecular flexibility index (Phi) is 6.61. The van der Waals surface area contributed by atoms with E-state index in [9.17, 15) is 19.2 Å². The lowest BCUT2D eigenvalue weighted by Gasteiger charge is -2.16. The van der Waals surface area contributed by atoms with Gasteiger partial charge in [-0.15, -0.1) is 0 Å². The van der Waals surface area contributed by atoms with Crippen LogP contribution in [0, 0.1) is 11.8 Å². The Morgan fingerprint density at radius 1 is 0.933 bits per heavy atom. The number of methoxy groups -OCH3 is 2. The van der Waals surface area contributed by atoms with Gasteiger partial charge in [-0.1, -0.05) is 42.5 Å². The Morgan fingerprint density at radius 2 is 1.57 bits per heavy atom. The smallest absolute Gasteiger partial charge is 0.337 e. The minimum Gasteiger partial charge on any atom is -0.469 e. The van der Waals surface area contributed by atoms with Gasteiger partial charge in [0.05, 0.1) is 38.0 Å². The lowest BCUT2D eigenvalue weighted by Crippen LogP contribution is -2.28. The molecule has 0 bridgehead atoms. The zero-order valence-corrected chi connectivity index (χ0v) is 16.9. The van der Waals surface area contributed by atoms with E-state index in [4.69, 9.17) is 4.74 Å². The van der Waals surface area contributed by atoms with Gasteiger partial charge < -0.3 is 14.4 Å². The quantitative estimate of drug-likeness (QED) is 0.516. The molecule has 1 aliphatic rings. The maximum Gasteiger partial charge on any atom is 0.337 e. The summed E-state index contributed by atoms with van der Waals surface area (Å²) in [6, 6.07) is 15.6. The van der Waals surface area contributed by atoms with E-state index in [0.717, 1.165) is 5.56 Å². The van der Waals surface area contributed by atoms with Crippen LogP contribution in [-0.4, -0.2) is 49.3 Å². The first-order chi connectivity index (χ1) is 14.4. The van der Waals surface area contributed by atoms with Crippen molar-refractivity contribution in [3.05, 3.63) is 71.3 Å². The molecule has 0 unspecified atom stereocenters. The molecule has 156 valence electrons. The molecule has 1 heterocycles. The predicted molar refractivity (Wildman–Crippen MR) is 108 cm³/mol. The lowest BCUT2D eigenvalue weighted by molar-refractivity contribution is -0.145. The molecule has 7 nitrogen and oxygen atoms in total. The predicted octanol–water partition coefficient (Wildman–Crippen LogP) is 2.49. The third kappa shape index (κ3) is 4.56. The van der Waals surface area contributed by atoms with Gasteiger partial charge in [-0.2, -0.15) is 0 Å². The molecule has 1 saturated heterocycles. The summed E-state index contributed by atoms with van der Waals surface area (Å²) in [6.45, 7) is 0.579. The van der Waals surface area contributed by atoms with Crippen LogP contribution in [0.15, 0.2) is 54.6 Å². The fraction of sp³-hybridized carbons (Fsp3) is 0.304. The molecule has 3 rings (SSSR count). The van der Waals surface area contributed by atoms with Gasteiger partial charge in [0.1, 0.15) is 0 Å². The van der Waals surface area contributed by atoms with Crippen LogP contribution in [0.1, 0.15) is 32.7 Å². The van der Waals surface area contributed by atoms with Crippen molar-refractivity contribution in [1.82, 2.24) is 4.90 Å². The normalized spacial score (nSPS) is 18.2. The molecule has 7 heteroatoms. The monoisotopic (exact) mass is 409 g/mol. The van der Waals surface area contributed by atoms with Gasteiger partial charge in [-0.25, -0.2) is 4.79 Å². The highest BCUT2D eigenvalue weighted by Gasteiger charge is 2.45. The number of ketones is 1. The van der Waals surface area contributed by atoms with Crippen molar-refractivity contribution in [2.24, 2.45) is 11.8 Å². The maximum atomic E-state index is 13.2. The number of carbonyl (C=O) groups is 4. The second-order valence-corrected chi connectivity index (χ2v) is 7.13. The molecule has 0 aromatic heterocycles. The number of ether oxygens (including phenoxy) is 2. The van der Waals surface area contributed by atoms with E-state index in [0.29, 0.717) is 17.7 Å². The number of nitrogens with zero attached hydrogens (tertiary/aromatic N) is 1. The number of rotatable bonds is 7. The van der Waals surface area contributed by atoms with Gasteiger partial charge in [0.15, 0.2) is 5.78 Å². The Morgan fingerprint density at radius 3 is 2.17 bits per heavy atom. The van der Waals surface area contributed by atoms with E-state index in [1.807, 2.05) is 30.3 Å². The number of amides is 1. The average molecular weight is 409 g/mol. The third-order valence-electron chi connectivity index (χ3n) is 5.29. The average Bonchev–Trinajstić information content (AvgIpc) is 3.08. The van der Waals surface area contributed by atoms with E-state index in [1.165, 1.54) is 38.5 Å². The van der Waals surface area contributed by atoms with Crippen LogP contribution in [0.4, 0.5) is 0 Å². The van der Waals surface area contributed by atoms with Crippen molar-refractivity contribution in [3.63, 3.8) is 0 Å². The number of likely N-dealkylation sites (tertiary alicyclic amines) is 1. The summed E-state index contributed by atoms with van der Waals surface area (Å²) in [7, 11) is 2.54. The molecule has 0 aliphatic carbocycles. The Balaban J connectivity index is 1.83. The summed E-state index contributed by atoms with van der Waals surface area (Å²) in [5.41, 5.74) is 1.64. The molecule has 2 atom stereocenters. The lowest BCUT2D eigenvalue weighted by atomic mass is 9.86. The zero-order valence-electron chi connectivity index (χ0n) is 16.9. The summed E-state index contributed by atoms with van der Waals surface area (Å²) in [4.78, 5) is 51.3. The van der Waals surface area contributed by atoms with E-state index < -0.39 is 23.8 Å². The van der Waals surface area contributed by atoms with Crippen molar-refractivity contribution in [3.8, 4) is 0 Å². The van der Waals surface area contributed by atoms with Gasteiger partial charge >= 0.3 is 11.9 Å². The number of Topliss-reactive ketones (excluding diaryl/α,β-unsaturated/α-hetero) is 1. The fourth-order valence-corrected chi connectivity index (χ4v) is 3.67. The minimum atomic E-state index is -0.783. The molecule has 1 aliphatic heterocycles. The van der Waals surface area contributed by atoms with Crippen LogP contribution in [0.2, 0.25) is 0 Å². The van der Waals surface area contributed by atoms with E-state index in [-0.39, 0.29) is 24.7 Å². The van der Waals surface area contributed by atoms with Gasteiger partial charge in [-0.3, -0.25) is 14.4 Å². The number of carbonyl (C=O) groups excluding carboxylic acids is 4. The van der Waals surface area contributed by atoms with Gasteiger partial charge in [0, 0.05) is 18.7 Å². The van der Waals surface area contributed by atoms with Crippen LogP contribution in [0.25, 0.3) is 0 Å². The fourth-order valence-electron chi connectivity index (χ4n) is 3.67. The third-order valence-corrected chi connectivity index (χ3v) is 5.29. The van der Waals surface area contributed by atoms with E-state index >= 15 is 0 Å². The summed E-state index contributed by atoms with van der Waals surface area (Å²) in [6.07, 6.45) is -0.155. The van der Waals surface area contributed by atoms with Crippen molar-refractivity contribution >= 4 is 23.6 Å². The van der Waals surface area contributed by atoms with E-state index in [2.05, 4.69) is 4.74 Å². The molecule has 0 spiro atoms. The number of benzene rings is 2. The van der Waals surface area contributed by atoms with E-state index in [1.54, 1.807) is 4.90 Å². The molecule has 0 radical (unpaired) electrons. The summed E-state index contributed by atoms with van der Waals surface area (Å²) < 4.78 is 9.40. The number of hydrogen-bond acceptors (Lipinski definition) is 6. The maximum absolute atomic E-state index is 13.2. The standard InChI is InChI=1S/C23H23NO6/c1-29-20(25)12-18-19(14-24(22(18)27)13-15-6-4-3-5-7-15)21(26)16-8-10-17(11-9-16)23(28)30-2/h3-11,18-19H,12-14H2,1-2H3/t18-,19+/m0/s1. The molecule has 0 N–H and O–H groups in total. The Hall–Kier alpha value is -3.48. The Labute approximate surface area is 174 Å². The molecule has 30 heavy (non-hydrogen) atoms.